The van der Waals surface area contributed by atoms with Gasteiger partial charge in [0, 0.05) is 11.3 Å². The second-order valence-electron chi connectivity index (χ2n) is 6.83. The first kappa shape index (κ1) is 21.9. The maximum atomic E-state index is 12.6. The van der Waals surface area contributed by atoms with Crippen molar-refractivity contribution >= 4 is 38.9 Å². The lowest BCUT2D eigenvalue weighted by Gasteiger charge is -2.10. The van der Waals surface area contributed by atoms with Gasteiger partial charge in [-0.3, -0.25) is 9.52 Å². The van der Waals surface area contributed by atoms with E-state index in [1.807, 2.05) is 6.92 Å². The van der Waals surface area contributed by atoms with Crippen LogP contribution in [0.1, 0.15) is 44.0 Å². The molecular formula is C20H24ClN3O3S. The predicted molar refractivity (Wildman–Crippen MR) is 113 cm³/mol. The SMILES string of the molecule is C/C(CCC(C)C)=N/NC(=O)c1cccc(S(=O)(=O)Nc2ccccc2Cl)c1. The number of amides is 1. The van der Waals surface area contributed by atoms with Crippen molar-refractivity contribution in [3.05, 3.63) is 59.1 Å². The molecule has 0 aliphatic rings. The third-order valence-electron chi connectivity index (χ3n) is 3.96. The largest absolute Gasteiger partial charge is 0.278 e. The monoisotopic (exact) mass is 421 g/mol. The third-order valence-corrected chi connectivity index (χ3v) is 5.65. The number of anilines is 1. The molecule has 0 atom stereocenters. The van der Waals surface area contributed by atoms with Crippen LogP contribution in [0.25, 0.3) is 0 Å². The topological polar surface area (TPSA) is 87.6 Å². The molecule has 0 aliphatic heterocycles. The molecule has 28 heavy (non-hydrogen) atoms. The highest BCUT2D eigenvalue weighted by Gasteiger charge is 2.17. The van der Waals surface area contributed by atoms with Crippen molar-refractivity contribution in [2.24, 2.45) is 11.0 Å². The fraction of sp³-hybridized carbons (Fsp3) is 0.300. The number of carbonyl (C=O) groups is 1. The Morgan fingerprint density at radius 2 is 1.86 bits per heavy atom. The van der Waals surface area contributed by atoms with E-state index >= 15 is 0 Å². The zero-order chi connectivity index (χ0) is 20.7. The number of rotatable bonds is 8. The first-order valence-corrected chi connectivity index (χ1v) is 10.8. The minimum absolute atomic E-state index is 0.0411. The van der Waals surface area contributed by atoms with Crippen LogP contribution in [0, 0.1) is 5.92 Å². The highest BCUT2D eigenvalue weighted by molar-refractivity contribution is 7.92. The van der Waals surface area contributed by atoms with Gasteiger partial charge < -0.3 is 0 Å². The number of sulfonamides is 1. The van der Waals surface area contributed by atoms with Gasteiger partial charge >= 0.3 is 0 Å². The summed E-state index contributed by atoms with van der Waals surface area (Å²) < 4.78 is 27.7. The first-order chi connectivity index (χ1) is 13.2. The molecule has 0 bridgehead atoms. The van der Waals surface area contributed by atoms with E-state index in [-0.39, 0.29) is 21.2 Å². The number of halogens is 1. The van der Waals surface area contributed by atoms with E-state index in [2.05, 4.69) is 29.1 Å². The summed E-state index contributed by atoms with van der Waals surface area (Å²) in [6.45, 7) is 6.08. The predicted octanol–water partition coefficient (Wildman–Crippen LogP) is 4.68. The van der Waals surface area contributed by atoms with Crippen LogP contribution in [0.4, 0.5) is 5.69 Å². The van der Waals surface area contributed by atoms with Gasteiger partial charge in [0.15, 0.2) is 0 Å². The van der Waals surface area contributed by atoms with E-state index in [0.717, 1.165) is 18.6 Å². The molecule has 2 rings (SSSR count). The molecule has 6 nitrogen and oxygen atoms in total. The quantitative estimate of drug-likeness (QED) is 0.479. The van der Waals surface area contributed by atoms with E-state index in [1.54, 1.807) is 24.3 Å². The van der Waals surface area contributed by atoms with Gasteiger partial charge in [-0.05, 0) is 56.0 Å². The van der Waals surface area contributed by atoms with E-state index in [9.17, 15) is 13.2 Å². The van der Waals surface area contributed by atoms with Gasteiger partial charge in [0.1, 0.15) is 0 Å². The molecule has 2 aromatic rings. The summed E-state index contributed by atoms with van der Waals surface area (Å²) in [7, 11) is -3.89. The van der Waals surface area contributed by atoms with Crippen LogP contribution >= 0.6 is 11.6 Å². The Balaban J connectivity index is 2.13. The summed E-state index contributed by atoms with van der Waals surface area (Å²) in [5.41, 5.74) is 3.75. The number of carbonyl (C=O) groups excluding carboxylic acids is 1. The Morgan fingerprint density at radius 1 is 1.14 bits per heavy atom. The summed E-state index contributed by atoms with van der Waals surface area (Å²) in [6, 6.07) is 12.3. The molecule has 8 heteroatoms. The van der Waals surface area contributed by atoms with Crippen LogP contribution in [0.2, 0.25) is 5.02 Å². The number of nitrogens with one attached hydrogen (secondary N) is 2. The van der Waals surface area contributed by atoms with Crippen molar-refractivity contribution in [1.82, 2.24) is 5.43 Å². The number of hydrogen-bond acceptors (Lipinski definition) is 4. The van der Waals surface area contributed by atoms with Gasteiger partial charge in [-0.25, -0.2) is 13.8 Å². The second-order valence-corrected chi connectivity index (χ2v) is 8.92. The van der Waals surface area contributed by atoms with Gasteiger partial charge in [0.2, 0.25) is 0 Å². The summed E-state index contributed by atoms with van der Waals surface area (Å²) in [6.07, 6.45) is 1.76. The number of hydrogen-bond donors (Lipinski definition) is 2. The zero-order valence-electron chi connectivity index (χ0n) is 16.1. The van der Waals surface area contributed by atoms with Crippen LogP contribution in [-0.2, 0) is 10.0 Å². The maximum absolute atomic E-state index is 12.6. The molecule has 0 saturated heterocycles. The molecule has 150 valence electrons. The molecule has 2 N–H and O–H groups in total. The van der Waals surface area contributed by atoms with Crippen molar-refractivity contribution < 1.29 is 13.2 Å². The van der Waals surface area contributed by atoms with Crippen LogP contribution < -0.4 is 10.1 Å². The van der Waals surface area contributed by atoms with Crippen molar-refractivity contribution in [2.75, 3.05) is 4.72 Å². The second kappa shape index (κ2) is 9.71. The Kier molecular flexibility index (Phi) is 7.60. The number of para-hydroxylation sites is 1. The fourth-order valence-corrected chi connectivity index (χ4v) is 3.68. The Labute approximate surface area is 171 Å². The van der Waals surface area contributed by atoms with Gasteiger partial charge in [-0.15, -0.1) is 0 Å². The van der Waals surface area contributed by atoms with Gasteiger partial charge in [-0.1, -0.05) is 43.6 Å². The standard InChI is InChI=1S/C20H24ClN3O3S/c1-14(2)11-12-15(3)22-23-20(25)16-7-6-8-17(13-16)28(26,27)24-19-10-5-4-9-18(19)21/h4-10,13-14,24H,11-12H2,1-3H3,(H,23,25)/b22-15-. The molecule has 0 aromatic heterocycles. The van der Waals surface area contributed by atoms with Gasteiger partial charge in [0.25, 0.3) is 15.9 Å². The lowest BCUT2D eigenvalue weighted by molar-refractivity contribution is 0.0954. The molecule has 0 heterocycles. The number of nitrogens with zero attached hydrogens (tertiary/aromatic N) is 1. The van der Waals surface area contributed by atoms with E-state index in [0.29, 0.717) is 5.92 Å². The molecule has 0 aliphatic carbocycles. The molecule has 0 fully saturated rings. The molecule has 0 radical (unpaired) electrons. The lowest BCUT2D eigenvalue weighted by Crippen LogP contribution is -2.20. The first-order valence-electron chi connectivity index (χ1n) is 8.90. The van der Waals surface area contributed by atoms with Crippen molar-refractivity contribution in [3.63, 3.8) is 0 Å². The highest BCUT2D eigenvalue weighted by Crippen LogP contribution is 2.24. The zero-order valence-corrected chi connectivity index (χ0v) is 17.6. The average molecular weight is 422 g/mol. The highest BCUT2D eigenvalue weighted by atomic mass is 35.5. The van der Waals surface area contributed by atoms with Crippen molar-refractivity contribution in [3.8, 4) is 0 Å². The Bertz CT molecular complexity index is 972. The van der Waals surface area contributed by atoms with E-state index in [4.69, 9.17) is 11.6 Å². The van der Waals surface area contributed by atoms with Crippen molar-refractivity contribution in [1.29, 1.82) is 0 Å². The number of benzene rings is 2. The van der Waals surface area contributed by atoms with Crippen LogP contribution in [0.3, 0.4) is 0 Å². The summed E-state index contributed by atoms with van der Waals surface area (Å²) in [5.74, 6) is 0.0760. The smallest absolute Gasteiger partial charge is 0.271 e. The summed E-state index contributed by atoms with van der Waals surface area (Å²) in [4.78, 5) is 12.3. The minimum atomic E-state index is -3.89. The Hall–Kier alpha value is -2.38. The van der Waals surface area contributed by atoms with Crippen LogP contribution in [0.15, 0.2) is 58.5 Å². The molecule has 1 amide bonds. The molecular weight excluding hydrogens is 398 g/mol. The minimum Gasteiger partial charge on any atom is -0.278 e. The van der Waals surface area contributed by atoms with Crippen LogP contribution in [-0.4, -0.2) is 20.0 Å². The van der Waals surface area contributed by atoms with E-state index < -0.39 is 15.9 Å². The molecule has 0 spiro atoms. The van der Waals surface area contributed by atoms with Gasteiger partial charge in [-0.2, -0.15) is 5.10 Å². The lowest BCUT2D eigenvalue weighted by atomic mass is 10.1. The molecule has 0 saturated carbocycles. The van der Waals surface area contributed by atoms with Crippen molar-refractivity contribution in [2.45, 2.75) is 38.5 Å². The fourth-order valence-electron chi connectivity index (χ4n) is 2.32. The molecule has 2 aromatic carbocycles. The number of hydrazone groups is 1. The molecule has 0 unspecified atom stereocenters. The third kappa shape index (κ3) is 6.35. The van der Waals surface area contributed by atoms with E-state index in [1.165, 1.54) is 24.3 Å². The maximum Gasteiger partial charge on any atom is 0.271 e. The normalized spacial score (nSPS) is 12.1. The summed E-state index contributed by atoms with van der Waals surface area (Å²) in [5, 5.41) is 4.36. The van der Waals surface area contributed by atoms with Crippen LogP contribution in [0.5, 0.6) is 0 Å². The summed E-state index contributed by atoms with van der Waals surface area (Å²) >= 11 is 6.01. The average Bonchev–Trinajstić information content (AvgIpc) is 2.66. The van der Waals surface area contributed by atoms with Gasteiger partial charge in [0.05, 0.1) is 15.6 Å². The Morgan fingerprint density at radius 3 is 2.54 bits per heavy atom.